The number of unbranched alkanes of at least 4 members (excludes halogenated alkanes) is 2. The summed E-state index contributed by atoms with van der Waals surface area (Å²) in [5.74, 6) is -0.624. The molecular formula is C15H32O4Sn. The van der Waals surface area contributed by atoms with Crippen molar-refractivity contribution in [3.8, 4) is 0 Å². The Morgan fingerprint density at radius 2 is 1.75 bits per heavy atom. The summed E-state index contributed by atoms with van der Waals surface area (Å²) in [6.07, 6.45) is 4.61. The first-order chi connectivity index (χ1) is 9.46. The summed E-state index contributed by atoms with van der Waals surface area (Å²) >= 11 is 0.149. The number of hydrogen-bond acceptors (Lipinski definition) is 4. The number of aliphatic hydroxyl groups is 2. The average molecular weight is 395 g/mol. The molecule has 0 amide bonds. The van der Waals surface area contributed by atoms with E-state index in [0.717, 1.165) is 0 Å². The van der Waals surface area contributed by atoms with Gasteiger partial charge in [0.05, 0.1) is 13.2 Å². The van der Waals surface area contributed by atoms with Crippen LogP contribution >= 0.6 is 0 Å². The van der Waals surface area contributed by atoms with E-state index in [1.807, 2.05) is 0 Å². The number of ether oxygens (including phenoxy) is 2. The maximum absolute atomic E-state index is 9.13. The van der Waals surface area contributed by atoms with Gasteiger partial charge in [-0.1, -0.05) is 0 Å². The van der Waals surface area contributed by atoms with Gasteiger partial charge in [0.1, 0.15) is 12.2 Å². The Labute approximate surface area is 134 Å². The fourth-order valence-electron chi connectivity index (χ4n) is 1.75. The molecule has 0 aromatic heterocycles. The average Bonchev–Trinajstić information content (AvgIpc) is 2.79. The summed E-state index contributed by atoms with van der Waals surface area (Å²) in [6.45, 7) is 8.19. The molecule has 0 saturated carbocycles. The Kier molecular flexibility index (Phi) is 12.6. The molecule has 2 N–H and O–H groups in total. The zero-order valence-electron chi connectivity index (χ0n) is 13.5. The molecule has 0 aliphatic carbocycles. The van der Waals surface area contributed by atoms with Gasteiger partial charge in [-0.05, 0) is 13.8 Å². The fourth-order valence-corrected chi connectivity index (χ4v) is 5.91. The second-order valence-corrected chi connectivity index (χ2v) is 9.86. The molecule has 2 radical (unpaired) electrons. The van der Waals surface area contributed by atoms with Crippen molar-refractivity contribution in [1.29, 1.82) is 0 Å². The van der Waals surface area contributed by atoms with Gasteiger partial charge in [0.15, 0.2) is 5.79 Å². The summed E-state index contributed by atoms with van der Waals surface area (Å²) in [5, 5.41) is 17.7. The van der Waals surface area contributed by atoms with Crippen LogP contribution in [0.25, 0.3) is 0 Å². The first kappa shape index (κ1) is 20.6. The van der Waals surface area contributed by atoms with Gasteiger partial charge in [-0.2, -0.15) is 0 Å². The van der Waals surface area contributed by atoms with Crippen LogP contribution in [-0.4, -0.2) is 62.6 Å². The molecule has 1 saturated heterocycles. The van der Waals surface area contributed by atoms with Crippen molar-refractivity contribution in [2.45, 2.75) is 80.2 Å². The molecule has 1 rings (SSSR count). The second-order valence-electron chi connectivity index (χ2n) is 5.57. The van der Waals surface area contributed by atoms with Crippen LogP contribution in [0.3, 0.4) is 0 Å². The molecule has 0 spiro atoms. The third-order valence-electron chi connectivity index (χ3n) is 3.06. The number of hydrogen-bond donors (Lipinski definition) is 2. The first-order valence-electron chi connectivity index (χ1n) is 7.78. The summed E-state index contributed by atoms with van der Waals surface area (Å²) in [7, 11) is 0. The van der Waals surface area contributed by atoms with E-state index in [1.54, 1.807) is 22.7 Å². The molecule has 0 unspecified atom stereocenters. The number of rotatable bonds is 8. The minimum atomic E-state index is -0.836. The number of aliphatic hydroxyl groups excluding tert-OH is 2. The molecule has 0 bridgehead atoms. The van der Waals surface area contributed by atoms with Gasteiger partial charge in [-0.25, -0.2) is 0 Å². The first-order valence-corrected chi connectivity index (χ1v) is 11.8. The van der Waals surface area contributed by atoms with Crippen LogP contribution in [-0.2, 0) is 9.47 Å². The van der Waals surface area contributed by atoms with E-state index in [2.05, 4.69) is 13.8 Å². The van der Waals surface area contributed by atoms with E-state index in [1.165, 1.54) is 25.7 Å². The molecule has 0 aromatic carbocycles. The van der Waals surface area contributed by atoms with E-state index >= 15 is 0 Å². The molecule has 4 nitrogen and oxygen atoms in total. The second kappa shape index (κ2) is 12.2. The van der Waals surface area contributed by atoms with E-state index in [4.69, 9.17) is 19.7 Å². The van der Waals surface area contributed by atoms with Crippen molar-refractivity contribution in [3.63, 3.8) is 0 Å². The third-order valence-corrected chi connectivity index (χ3v) is 7.10. The SMILES string of the molecule is CC1(C)OC[C@@H]([C@@H](O)CO)O1.CCC[CH2][Sn][CH2]CCC. The Bertz CT molecular complexity index is 218. The van der Waals surface area contributed by atoms with Crippen molar-refractivity contribution < 1.29 is 19.7 Å². The molecule has 1 aliphatic rings. The summed E-state index contributed by atoms with van der Waals surface area (Å²) in [6, 6.07) is 0. The van der Waals surface area contributed by atoms with Crippen LogP contribution in [0.5, 0.6) is 0 Å². The summed E-state index contributed by atoms with van der Waals surface area (Å²) in [4.78, 5) is 0. The predicted molar refractivity (Wildman–Crippen MR) is 83.2 cm³/mol. The molecule has 0 aromatic rings. The quantitative estimate of drug-likeness (QED) is 0.490. The molecule has 1 aliphatic heterocycles. The maximum atomic E-state index is 9.13. The van der Waals surface area contributed by atoms with E-state index in [9.17, 15) is 0 Å². The van der Waals surface area contributed by atoms with Crippen LogP contribution in [0.15, 0.2) is 0 Å². The van der Waals surface area contributed by atoms with Crippen molar-refractivity contribution in [2.24, 2.45) is 0 Å². The monoisotopic (exact) mass is 396 g/mol. The molecule has 120 valence electrons. The molecule has 2 atom stereocenters. The molecular weight excluding hydrogens is 363 g/mol. The Balaban J connectivity index is 0.000000370. The van der Waals surface area contributed by atoms with Crippen LogP contribution in [0.2, 0.25) is 8.87 Å². The predicted octanol–water partition coefficient (Wildman–Crippen LogP) is 2.62. The van der Waals surface area contributed by atoms with Crippen LogP contribution in [0, 0.1) is 0 Å². The van der Waals surface area contributed by atoms with Gasteiger partial charge in [0, 0.05) is 0 Å². The van der Waals surface area contributed by atoms with Gasteiger partial charge in [-0.3, -0.25) is 0 Å². The Morgan fingerprint density at radius 1 is 1.20 bits per heavy atom. The van der Waals surface area contributed by atoms with Crippen LogP contribution < -0.4 is 0 Å². The summed E-state index contributed by atoms with van der Waals surface area (Å²) in [5.41, 5.74) is 0. The Hall–Kier alpha value is 0.639. The normalized spacial score (nSPS) is 22.2. The molecule has 1 fully saturated rings. The third kappa shape index (κ3) is 10.4. The fraction of sp³-hybridized carbons (Fsp3) is 1.00. The van der Waals surface area contributed by atoms with Crippen molar-refractivity contribution in [2.75, 3.05) is 13.2 Å². The van der Waals surface area contributed by atoms with E-state index < -0.39 is 18.0 Å². The van der Waals surface area contributed by atoms with Crippen LogP contribution in [0.4, 0.5) is 0 Å². The van der Waals surface area contributed by atoms with Gasteiger partial charge in [0.2, 0.25) is 0 Å². The van der Waals surface area contributed by atoms with Gasteiger partial charge in [-0.15, -0.1) is 0 Å². The minimum absolute atomic E-state index is 0.149. The molecule has 20 heavy (non-hydrogen) atoms. The molecule has 5 heteroatoms. The Morgan fingerprint density at radius 3 is 2.10 bits per heavy atom. The van der Waals surface area contributed by atoms with Gasteiger partial charge >= 0.3 is 69.5 Å². The van der Waals surface area contributed by atoms with Gasteiger partial charge in [0.25, 0.3) is 0 Å². The van der Waals surface area contributed by atoms with Crippen molar-refractivity contribution in [3.05, 3.63) is 0 Å². The van der Waals surface area contributed by atoms with Crippen molar-refractivity contribution >= 4 is 21.1 Å². The van der Waals surface area contributed by atoms with Gasteiger partial charge < -0.3 is 19.7 Å². The van der Waals surface area contributed by atoms with E-state index in [-0.39, 0.29) is 27.7 Å². The molecule has 1 heterocycles. The van der Waals surface area contributed by atoms with Crippen LogP contribution in [0.1, 0.15) is 53.4 Å². The standard InChI is InChI=1S/C7H14O4.2C4H9.Sn/c1-7(2)10-4-6(11-7)5(9)3-8;2*1-3-4-2;/h5-6,8-9H,3-4H2,1-2H3;2*1,3-4H2,2H3;/t5-,6-;;;/m0.../s1. The van der Waals surface area contributed by atoms with E-state index in [0.29, 0.717) is 6.61 Å². The zero-order valence-corrected chi connectivity index (χ0v) is 16.4. The topological polar surface area (TPSA) is 58.9 Å². The van der Waals surface area contributed by atoms with Crippen molar-refractivity contribution in [1.82, 2.24) is 0 Å². The summed E-state index contributed by atoms with van der Waals surface area (Å²) < 4.78 is 13.7. The zero-order chi connectivity index (χ0) is 15.4.